The third kappa shape index (κ3) is 1.44. The molecule has 1 aliphatic heterocycles. The molecule has 3 heterocycles. The van der Waals surface area contributed by atoms with Crippen LogP contribution >= 0.6 is 0 Å². The third-order valence-electron chi connectivity index (χ3n) is 2.78. The Hall–Kier alpha value is -2.43. The molecule has 1 aliphatic rings. The van der Waals surface area contributed by atoms with Crippen molar-refractivity contribution in [3.63, 3.8) is 0 Å². The number of nitrogens with zero attached hydrogens (tertiary/aromatic N) is 3. The van der Waals surface area contributed by atoms with Crippen LogP contribution in [0.25, 0.3) is 0 Å². The lowest BCUT2D eigenvalue weighted by molar-refractivity contribution is 0.102. The summed E-state index contributed by atoms with van der Waals surface area (Å²) in [5.41, 5.74) is 0.281. The first-order valence-corrected chi connectivity index (χ1v) is 5.31. The summed E-state index contributed by atoms with van der Waals surface area (Å²) >= 11 is 0. The van der Waals surface area contributed by atoms with Crippen molar-refractivity contribution >= 4 is 23.2 Å². The quantitative estimate of drug-likeness (QED) is 0.771. The van der Waals surface area contributed by atoms with Gasteiger partial charge in [0.15, 0.2) is 5.82 Å². The maximum atomic E-state index is 12.3. The topological polar surface area (TPSA) is 58.1 Å². The molecule has 5 heteroatoms. The molecule has 0 saturated carbocycles. The summed E-state index contributed by atoms with van der Waals surface area (Å²) in [6.07, 6.45) is 1.34. The van der Waals surface area contributed by atoms with Gasteiger partial charge in [-0.2, -0.15) is 0 Å². The Morgan fingerprint density at radius 1 is 1.39 bits per heavy atom. The summed E-state index contributed by atoms with van der Waals surface area (Å²) in [4.78, 5) is 22.1. The fourth-order valence-electron chi connectivity index (χ4n) is 1.90. The van der Waals surface area contributed by atoms with E-state index in [0.29, 0.717) is 11.4 Å². The van der Waals surface area contributed by atoms with E-state index in [4.69, 9.17) is 5.48 Å². The summed E-state index contributed by atoms with van der Waals surface area (Å²) < 4.78 is 30.6. The van der Waals surface area contributed by atoms with Crippen molar-refractivity contribution in [1.82, 2.24) is 9.97 Å². The number of aryl methyl sites for hydroxylation is 1. The van der Waals surface area contributed by atoms with Gasteiger partial charge in [0.25, 0.3) is 5.91 Å². The number of anilines is 3. The molecule has 3 rings (SSSR count). The Morgan fingerprint density at radius 3 is 3.11 bits per heavy atom. The fourth-order valence-corrected chi connectivity index (χ4v) is 1.90. The van der Waals surface area contributed by atoms with Crippen LogP contribution < -0.4 is 10.2 Å². The van der Waals surface area contributed by atoms with Crippen molar-refractivity contribution in [1.29, 1.82) is 0 Å². The smallest absolute Gasteiger partial charge is 0.259 e. The van der Waals surface area contributed by atoms with Crippen LogP contribution in [0.1, 0.15) is 21.4 Å². The van der Waals surface area contributed by atoms with Crippen LogP contribution in [0, 0.1) is 6.85 Å². The summed E-state index contributed by atoms with van der Waals surface area (Å²) in [5.74, 6) is 0.0801. The first-order valence-electron chi connectivity index (χ1n) is 7.31. The normalized spacial score (nSPS) is 17.4. The molecule has 90 valence electrons. The van der Waals surface area contributed by atoms with Crippen LogP contribution in [0.2, 0.25) is 0 Å². The fraction of sp³-hybridized carbons (Fsp3) is 0.154. The van der Waals surface area contributed by atoms with Gasteiger partial charge >= 0.3 is 0 Å². The molecule has 0 bridgehead atoms. The molecule has 5 nitrogen and oxygen atoms in total. The van der Waals surface area contributed by atoms with Crippen LogP contribution in [0.5, 0.6) is 0 Å². The Kier molecular flexibility index (Phi) is 1.50. The summed E-state index contributed by atoms with van der Waals surface area (Å²) in [6, 6.07) is 4.36. The van der Waals surface area contributed by atoms with Gasteiger partial charge in [-0.3, -0.25) is 4.79 Å². The highest BCUT2D eigenvalue weighted by atomic mass is 16.1. The van der Waals surface area contributed by atoms with Gasteiger partial charge in [0, 0.05) is 23.5 Å². The molecule has 0 spiro atoms. The van der Waals surface area contributed by atoms with Crippen molar-refractivity contribution in [3.8, 4) is 0 Å². The van der Waals surface area contributed by atoms with E-state index in [-0.39, 0.29) is 23.2 Å². The number of hydrogen-bond acceptors (Lipinski definition) is 4. The van der Waals surface area contributed by atoms with E-state index >= 15 is 0 Å². The van der Waals surface area contributed by atoms with E-state index in [1.54, 1.807) is 19.2 Å². The first-order chi connectivity index (χ1) is 10.3. The second kappa shape index (κ2) is 3.80. The summed E-state index contributed by atoms with van der Waals surface area (Å²) in [6.45, 7) is -2.47. The van der Waals surface area contributed by atoms with Crippen molar-refractivity contribution in [2.24, 2.45) is 0 Å². The largest absolute Gasteiger partial charge is 0.318 e. The number of hydrogen-bond donors (Lipinski definition) is 1. The van der Waals surface area contributed by atoms with Crippen LogP contribution in [0.15, 0.2) is 30.6 Å². The van der Waals surface area contributed by atoms with E-state index in [9.17, 15) is 4.79 Å². The Bertz CT molecular complexity index is 775. The van der Waals surface area contributed by atoms with Gasteiger partial charge in [-0.25, -0.2) is 9.97 Å². The molecule has 0 aromatic carbocycles. The van der Waals surface area contributed by atoms with E-state index in [0.717, 1.165) is 6.07 Å². The lowest BCUT2D eigenvalue weighted by atomic mass is 10.2. The highest BCUT2D eigenvalue weighted by Crippen LogP contribution is 2.35. The van der Waals surface area contributed by atoms with Crippen molar-refractivity contribution in [2.75, 3.05) is 17.3 Å². The first kappa shape index (κ1) is 7.10. The lowest BCUT2D eigenvalue weighted by Gasteiger charge is -2.18. The molecule has 0 unspecified atom stereocenters. The number of carbonyl (C=O) groups is 1. The molecule has 18 heavy (non-hydrogen) atoms. The molecule has 2 aromatic heterocycles. The molecule has 1 N–H and O–H groups in total. The van der Waals surface area contributed by atoms with Crippen LogP contribution in [0.4, 0.5) is 17.3 Å². The Balaban J connectivity index is 2.31. The Morgan fingerprint density at radius 2 is 2.28 bits per heavy atom. The van der Waals surface area contributed by atoms with E-state index < -0.39 is 12.8 Å². The predicted octanol–water partition coefficient (Wildman–Crippen LogP) is 2.12. The Labute approximate surface area is 110 Å². The van der Waals surface area contributed by atoms with Gasteiger partial charge in [0.05, 0.1) is 12.6 Å². The van der Waals surface area contributed by atoms with E-state index in [1.165, 1.54) is 11.1 Å². The number of fused-ring (bicyclic) bond motifs is 2. The standard InChI is InChI=1S/C13H12N4O/c1-8-5-7-15-12-10(8)16-13(18)9-4-3-6-14-11(9)17(12)2/h3-7H,1-2H3,(H,16,18)/i1D3,7D. The maximum Gasteiger partial charge on any atom is 0.259 e. The molecule has 0 atom stereocenters. The SMILES string of the molecule is [2H]c1cc(C([2H])([2H])[2H])c2c(n1)N(C)c1ncccc1C(=O)N2. The summed E-state index contributed by atoms with van der Waals surface area (Å²) in [5, 5.41) is 2.58. The number of aromatic nitrogens is 2. The number of pyridine rings is 2. The van der Waals surface area contributed by atoms with Gasteiger partial charge < -0.3 is 10.2 Å². The summed E-state index contributed by atoms with van der Waals surface area (Å²) in [7, 11) is 1.63. The van der Waals surface area contributed by atoms with Gasteiger partial charge in [-0.1, -0.05) is 0 Å². The maximum absolute atomic E-state index is 12.3. The monoisotopic (exact) mass is 244 g/mol. The molecular formula is C13H12N4O. The molecule has 2 aromatic rings. The van der Waals surface area contributed by atoms with Crippen LogP contribution in [0.3, 0.4) is 0 Å². The number of rotatable bonds is 0. The number of carbonyl (C=O) groups excluding carboxylic acids is 1. The lowest BCUT2D eigenvalue weighted by Crippen LogP contribution is -2.14. The second-order valence-electron chi connectivity index (χ2n) is 3.89. The van der Waals surface area contributed by atoms with Crippen LogP contribution in [-0.2, 0) is 0 Å². The number of amides is 1. The molecule has 0 aliphatic carbocycles. The average Bonchev–Trinajstić information content (AvgIpc) is 2.55. The zero-order valence-corrected chi connectivity index (χ0v) is 9.56. The van der Waals surface area contributed by atoms with Crippen molar-refractivity contribution in [2.45, 2.75) is 6.85 Å². The molecule has 0 radical (unpaired) electrons. The van der Waals surface area contributed by atoms with Gasteiger partial charge in [0.2, 0.25) is 0 Å². The van der Waals surface area contributed by atoms with Gasteiger partial charge in [-0.05, 0) is 30.6 Å². The highest BCUT2D eigenvalue weighted by Gasteiger charge is 2.25. The van der Waals surface area contributed by atoms with Crippen molar-refractivity contribution < 1.29 is 10.3 Å². The van der Waals surface area contributed by atoms with Crippen molar-refractivity contribution in [3.05, 3.63) is 41.7 Å². The average molecular weight is 244 g/mol. The third-order valence-corrected chi connectivity index (χ3v) is 2.78. The predicted molar refractivity (Wildman–Crippen MR) is 69.2 cm³/mol. The highest BCUT2D eigenvalue weighted by molar-refractivity contribution is 6.11. The second-order valence-corrected chi connectivity index (χ2v) is 3.89. The number of nitrogens with one attached hydrogen (secondary N) is 1. The molecule has 0 saturated heterocycles. The minimum absolute atomic E-state index is 0.0847. The molecule has 0 fully saturated rings. The molecule has 1 amide bonds. The van der Waals surface area contributed by atoms with Gasteiger partial charge in [-0.15, -0.1) is 0 Å². The minimum Gasteiger partial charge on any atom is -0.318 e. The zero-order valence-electron chi connectivity index (χ0n) is 13.6. The van der Waals surface area contributed by atoms with Gasteiger partial charge in [0.1, 0.15) is 5.82 Å². The van der Waals surface area contributed by atoms with Crippen LogP contribution in [-0.4, -0.2) is 22.9 Å². The zero-order chi connectivity index (χ0) is 16.1. The molecular weight excluding hydrogens is 228 g/mol. The van der Waals surface area contributed by atoms with E-state index in [1.807, 2.05) is 0 Å². The minimum atomic E-state index is -2.47. The van der Waals surface area contributed by atoms with E-state index in [2.05, 4.69) is 15.3 Å².